The molecular weight excluding hydrogens is 313 g/mol. The van der Waals surface area contributed by atoms with E-state index < -0.39 is 0 Å². The van der Waals surface area contributed by atoms with Crippen molar-refractivity contribution in [3.63, 3.8) is 0 Å². The number of carbonyl (C=O) groups excluding carboxylic acids is 1. The van der Waals surface area contributed by atoms with Crippen molar-refractivity contribution in [2.75, 3.05) is 44.9 Å². The van der Waals surface area contributed by atoms with Crippen LogP contribution in [-0.4, -0.2) is 45.4 Å². The predicted molar refractivity (Wildman–Crippen MR) is 96.5 cm³/mol. The summed E-state index contributed by atoms with van der Waals surface area (Å²) in [4.78, 5) is 10.6. The van der Waals surface area contributed by atoms with Gasteiger partial charge in [0.25, 0.3) is 0 Å². The molecule has 0 aliphatic heterocycles. The Labute approximate surface area is 146 Å². The molecule has 0 aromatic heterocycles. The minimum absolute atomic E-state index is 0. The van der Waals surface area contributed by atoms with E-state index in [1.54, 1.807) is 12.1 Å². The lowest BCUT2D eigenvalue weighted by molar-refractivity contribution is -0.121. The van der Waals surface area contributed by atoms with Crippen molar-refractivity contribution in [3.8, 4) is 5.75 Å². The Balaban J connectivity index is 0. The first kappa shape index (κ1) is 22.3. The van der Waals surface area contributed by atoms with Gasteiger partial charge in [0.1, 0.15) is 13.2 Å². The standard InChI is InChI=1S/C16H24FNO4.C2H6.H2/c1-3-18-14-5-6-15(17)16(11-14)22-10-9-20-7-4-8-21-12-13(2)19;1-2;/h5-6,11,18H,3-4,7-10,12H2,1-2H3;1-2H3;1H. The van der Waals surface area contributed by atoms with Crippen LogP contribution in [0, 0.1) is 5.82 Å². The Kier molecular flexibility index (Phi) is 13.9. The third kappa shape index (κ3) is 11.0. The lowest BCUT2D eigenvalue weighted by atomic mass is 10.3. The second-order valence-electron chi connectivity index (χ2n) is 4.74. The zero-order valence-corrected chi connectivity index (χ0v) is 15.2. The fourth-order valence-corrected chi connectivity index (χ4v) is 1.72. The number of ether oxygens (including phenoxy) is 3. The molecule has 1 aromatic rings. The van der Waals surface area contributed by atoms with Crippen molar-refractivity contribution in [1.29, 1.82) is 0 Å². The second kappa shape index (κ2) is 14.9. The first-order valence-electron chi connectivity index (χ1n) is 8.44. The van der Waals surface area contributed by atoms with Gasteiger partial charge in [0.15, 0.2) is 17.3 Å². The molecule has 6 heteroatoms. The minimum atomic E-state index is -0.390. The first-order valence-corrected chi connectivity index (χ1v) is 8.44. The van der Waals surface area contributed by atoms with E-state index in [1.165, 1.54) is 13.0 Å². The molecule has 24 heavy (non-hydrogen) atoms. The maximum Gasteiger partial charge on any atom is 0.165 e. The summed E-state index contributed by atoms with van der Waals surface area (Å²) in [5, 5.41) is 3.10. The maximum absolute atomic E-state index is 13.6. The van der Waals surface area contributed by atoms with E-state index in [4.69, 9.17) is 14.2 Å². The average Bonchev–Trinajstić information content (AvgIpc) is 2.57. The summed E-state index contributed by atoms with van der Waals surface area (Å²) in [5.74, 6) is -0.165. The predicted octanol–water partition coefficient (Wildman–Crippen LogP) is 3.92. The summed E-state index contributed by atoms with van der Waals surface area (Å²) in [5.41, 5.74) is 0.822. The molecule has 1 aromatic carbocycles. The average molecular weight is 345 g/mol. The molecule has 0 aliphatic rings. The molecule has 1 rings (SSSR count). The molecule has 1 N–H and O–H groups in total. The van der Waals surface area contributed by atoms with Gasteiger partial charge in [-0.2, -0.15) is 0 Å². The van der Waals surface area contributed by atoms with Crippen molar-refractivity contribution >= 4 is 11.5 Å². The van der Waals surface area contributed by atoms with Gasteiger partial charge in [0.2, 0.25) is 0 Å². The number of nitrogens with one attached hydrogen (secondary N) is 1. The number of carbonyl (C=O) groups is 1. The number of rotatable bonds is 12. The highest BCUT2D eigenvalue weighted by Gasteiger charge is 2.04. The summed E-state index contributed by atoms with van der Waals surface area (Å²) in [6.45, 7) is 10.0. The monoisotopic (exact) mass is 345 g/mol. The molecule has 0 amide bonds. The van der Waals surface area contributed by atoms with Gasteiger partial charge in [-0.25, -0.2) is 4.39 Å². The van der Waals surface area contributed by atoms with Gasteiger partial charge in [0.05, 0.1) is 6.61 Å². The van der Waals surface area contributed by atoms with Gasteiger partial charge in [-0.3, -0.25) is 4.79 Å². The zero-order chi connectivity index (χ0) is 18.2. The molecule has 140 valence electrons. The molecule has 0 atom stereocenters. The molecule has 5 nitrogen and oxygen atoms in total. The molecule has 0 fully saturated rings. The molecule has 0 bridgehead atoms. The van der Waals surface area contributed by atoms with E-state index in [1.807, 2.05) is 20.8 Å². The lowest BCUT2D eigenvalue weighted by Gasteiger charge is -2.10. The number of halogens is 1. The number of ketones is 1. The summed E-state index contributed by atoms with van der Waals surface area (Å²) in [6, 6.07) is 4.68. The number of hydrogen-bond donors (Lipinski definition) is 1. The highest BCUT2D eigenvalue weighted by molar-refractivity contribution is 5.76. The summed E-state index contributed by atoms with van der Waals surface area (Å²) >= 11 is 0. The van der Waals surface area contributed by atoms with Gasteiger partial charge < -0.3 is 19.5 Å². The summed E-state index contributed by atoms with van der Waals surface area (Å²) in [7, 11) is 0. The Morgan fingerprint density at radius 3 is 2.54 bits per heavy atom. The molecule has 0 saturated carbocycles. The van der Waals surface area contributed by atoms with Crippen LogP contribution in [0.15, 0.2) is 18.2 Å². The minimum Gasteiger partial charge on any atom is -0.488 e. The summed E-state index contributed by atoms with van der Waals surface area (Å²) in [6.07, 6.45) is 0.706. The summed E-state index contributed by atoms with van der Waals surface area (Å²) < 4.78 is 29.4. The van der Waals surface area contributed by atoms with Crippen LogP contribution in [0.3, 0.4) is 0 Å². The molecule has 0 radical (unpaired) electrons. The van der Waals surface area contributed by atoms with Crippen molar-refractivity contribution in [2.45, 2.75) is 34.1 Å². The number of hydrogen-bond acceptors (Lipinski definition) is 5. The van der Waals surface area contributed by atoms with Crippen LogP contribution in [0.25, 0.3) is 0 Å². The van der Waals surface area contributed by atoms with Crippen LogP contribution in [0.1, 0.15) is 35.5 Å². The zero-order valence-electron chi connectivity index (χ0n) is 15.2. The maximum atomic E-state index is 13.6. The third-order valence-electron chi connectivity index (χ3n) is 2.68. The number of anilines is 1. The Hall–Kier alpha value is -1.66. The van der Waals surface area contributed by atoms with Gasteiger partial charge in [0, 0.05) is 32.9 Å². The number of Topliss-reactive ketones (excluding diaryl/α,β-unsaturated/α-hetero) is 1. The van der Waals surface area contributed by atoms with E-state index in [2.05, 4.69) is 5.32 Å². The lowest BCUT2D eigenvalue weighted by Crippen LogP contribution is -2.11. The smallest absolute Gasteiger partial charge is 0.165 e. The molecule has 0 unspecified atom stereocenters. The third-order valence-corrected chi connectivity index (χ3v) is 2.68. The van der Waals surface area contributed by atoms with Crippen LogP contribution in [-0.2, 0) is 14.3 Å². The fraction of sp³-hybridized carbons (Fsp3) is 0.611. The van der Waals surface area contributed by atoms with Crippen molar-refractivity contribution < 1.29 is 24.8 Å². The van der Waals surface area contributed by atoms with Crippen LogP contribution in [0.4, 0.5) is 10.1 Å². The van der Waals surface area contributed by atoms with Gasteiger partial charge in [-0.05, 0) is 32.4 Å². The van der Waals surface area contributed by atoms with Gasteiger partial charge >= 0.3 is 0 Å². The molecule has 0 heterocycles. The van der Waals surface area contributed by atoms with E-state index in [-0.39, 0.29) is 32.0 Å². The highest BCUT2D eigenvalue weighted by Crippen LogP contribution is 2.21. The van der Waals surface area contributed by atoms with Crippen molar-refractivity contribution in [3.05, 3.63) is 24.0 Å². The highest BCUT2D eigenvalue weighted by atomic mass is 19.1. The Bertz CT molecular complexity index is 461. The Morgan fingerprint density at radius 2 is 1.88 bits per heavy atom. The topological polar surface area (TPSA) is 56.8 Å². The van der Waals surface area contributed by atoms with E-state index in [9.17, 15) is 9.18 Å². The van der Waals surface area contributed by atoms with Crippen LogP contribution >= 0.6 is 0 Å². The van der Waals surface area contributed by atoms with Gasteiger partial charge in [-0.1, -0.05) is 13.8 Å². The van der Waals surface area contributed by atoms with Crippen molar-refractivity contribution in [2.24, 2.45) is 0 Å². The van der Waals surface area contributed by atoms with E-state index >= 15 is 0 Å². The quantitative estimate of drug-likeness (QED) is 0.582. The first-order chi connectivity index (χ1) is 11.6. The largest absolute Gasteiger partial charge is 0.488 e. The van der Waals surface area contributed by atoms with E-state index in [0.29, 0.717) is 26.2 Å². The molecule has 0 spiro atoms. The molecule has 0 saturated heterocycles. The van der Waals surface area contributed by atoms with Crippen LogP contribution in [0.2, 0.25) is 0 Å². The second-order valence-corrected chi connectivity index (χ2v) is 4.74. The Morgan fingerprint density at radius 1 is 1.17 bits per heavy atom. The van der Waals surface area contributed by atoms with Crippen molar-refractivity contribution in [1.82, 2.24) is 0 Å². The molecular formula is C18H32FNO4. The van der Waals surface area contributed by atoms with Crippen LogP contribution in [0.5, 0.6) is 5.75 Å². The SMILES string of the molecule is CC.CCNc1ccc(F)c(OCCOCCCOCC(C)=O)c1.[HH]. The van der Waals surface area contributed by atoms with E-state index in [0.717, 1.165) is 12.2 Å². The van der Waals surface area contributed by atoms with Crippen LogP contribution < -0.4 is 10.1 Å². The fourth-order valence-electron chi connectivity index (χ4n) is 1.72. The normalized spacial score (nSPS) is 9.88. The number of benzene rings is 1. The van der Waals surface area contributed by atoms with Gasteiger partial charge in [-0.15, -0.1) is 0 Å². The molecule has 0 aliphatic carbocycles.